The second kappa shape index (κ2) is 10.9. The minimum atomic E-state index is -0.476. The molecule has 8 nitrogen and oxygen atoms in total. The first kappa shape index (κ1) is 22.7. The SMILES string of the molecule is CCOc1ccc(-c2cncc(C(=O)N/N=C/c3cccc(OC)c3)n2)c(OC(C)C)c1. The fourth-order valence-corrected chi connectivity index (χ4v) is 2.87. The molecule has 8 heteroatoms. The first-order valence-corrected chi connectivity index (χ1v) is 10.2. The summed E-state index contributed by atoms with van der Waals surface area (Å²) in [6.45, 7) is 6.34. The Morgan fingerprint density at radius 2 is 2.00 bits per heavy atom. The molecule has 1 amide bonds. The van der Waals surface area contributed by atoms with E-state index in [-0.39, 0.29) is 11.8 Å². The number of ether oxygens (including phenoxy) is 3. The number of nitrogens with zero attached hydrogens (tertiary/aromatic N) is 3. The van der Waals surface area contributed by atoms with Gasteiger partial charge in [0, 0.05) is 11.6 Å². The van der Waals surface area contributed by atoms with Gasteiger partial charge in [-0.15, -0.1) is 0 Å². The van der Waals surface area contributed by atoms with Crippen LogP contribution in [-0.2, 0) is 0 Å². The van der Waals surface area contributed by atoms with Crippen LogP contribution < -0.4 is 19.6 Å². The number of hydrogen-bond acceptors (Lipinski definition) is 7. The fraction of sp³-hybridized carbons (Fsp3) is 0.250. The first-order valence-electron chi connectivity index (χ1n) is 10.2. The molecule has 0 aliphatic heterocycles. The number of hydrazone groups is 1. The second-order valence-corrected chi connectivity index (χ2v) is 7.02. The lowest BCUT2D eigenvalue weighted by molar-refractivity contribution is 0.0950. The summed E-state index contributed by atoms with van der Waals surface area (Å²) in [4.78, 5) is 21.2. The Bertz CT molecular complexity index is 1100. The molecule has 1 aromatic heterocycles. The van der Waals surface area contributed by atoms with Gasteiger partial charge in [0.05, 0.1) is 44.1 Å². The maximum absolute atomic E-state index is 12.5. The molecule has 3 aromatic rings. The summed E-state index contributed by atoms with van der Waals surface area (Å²) >= 11 is 0. The molecule has 32 heavy (non-hydrogen) atoms. The maximum Gasteiger partial charge on any atom is 0.291 e. The van der Waals surface area contributed by atoms with Gasteiger partial charge in [-0.05, 0) is 50.6 Å². The highest BCUT2D eigenvalue weighted by molar-refractivity contribution is 5.93. The fourth-order valence-electron chi connectivity index (χ4n) is 2.87. The van der Waals surface area contributed by atoms with Crippen molar-refractivity contribution in [3.8, 4) is 28.5 Å². The first-order chi connectivity index (χ1) is 15.5. The Morgan fingerprint density at radius 1 is 1.16 bits per heavy atom. The lowest BCUT2D eigenvalue weighted by Crippen LogP contribution is -2.19. The summed E-state index contributed by atoms with van der Waals surface area (Å²) in [5, 5.41) is 4.00. The molecule has 0 radical (unpaired) electrons. The summed E-state index contributed by atoms with van der Waals surface area (Å²) in [6, 6.07) is 12.8. The van der Waals surface area contributed by atoms with E-state index in [1.54, 1.807) is 19.4 Å². The zero-order chi connectivity index (χ0) is 22.9. The molecule has 1 heterocycles. The van der Waals surface area contributed by atoms with E-state index in [9.17, 15) is 4.79 Å². The van der Waals surface area contributed by atoms with Gasteiger partial charge in [0.1, 0.15) is 22.9 Å². The Balaban J connectivity index is 1.80. The van der Waals surface area contributed by atoms with Gasteiger partial charge >= 0.3 is 0 Å². The topological polar surface area (TPSA) is 94.9 Å². The van der Waals surface area contributed by atoms with E-state index in [0.717, 1.165) is 5.56 Å². The van der Waals surface area contributed by atoms with Crippen LogP contribution in [0.25, 0.3) is 11.3 Å². The summed E-state index contributed by atoms with van der Waals surface area (Å²) in [6.07, 6.45) is 4.45. The summed E-state index contributed by atoms with van der Waals surface area (Å²) in [5.41, 5.74) is 4.61. The third-order valence-corrected chi connectivity index (χ3v) is 4.24. The van der Waals surface area contributed by atoms with Crippen LogP contribution in [0.4, 0.5) is 0 Å². The summed E-state index contributed by atoms with van der Waals surface area (Å²) in [7, 11) is 1.59. The number of carbonyl (C=O) groups excluding carboxylic acids is 1. The van der Waals surface area contributed by atoms with Gasteiger partial charge < -0.3 is 14.2 Å². The highest BCUT2D eigenvalue weighted by atomic mass is 16.5. The van der Waals surface area contributed by atoms with Crippen LogP contribution in [0.3, 0.4) is 0 Å². The van der Waals surface area contributed by atoms with Crippen molar-refractivity contribution >= 4 is 12.1 Å². The van der Waals surface area contributed by atoms with Crippen molar-refractivity contribution in [2.45, 2.75) is 26.9 Å². The van der Waals surface area contributed by atoms with Crippen LogP contribution in [0.2, 0.25) is 0 Å². The predicted octanol–water partition coefficient (Wildman–Crippen LogP) is 4.10. The number of rotatable bonds is 9. The van der Waals surface area contributed by atoms with Crippen molar-refractivity contribution in [2.75, 3.05) is 13.7 Å². The van der Waals surface area contributed by atoms with E-state index in [4.69, 9.17) is 14.2 Å². The average Bonchev–Trinajstić information content (AvgIpc) is 2.79. The van der Waals surface area contributed by atoms with Crippen molar-refractivity contribution in [2.24, 2.45) is 5.10 Å². The number of methoxy groups -OCH3 is 1. The van der Waals surface area contributed by atoms with Gasteiger partial charge in [0.25, 0.3) is 5.91 Å². The van der Waals surface area contributed by atoms with Crippen molar-refractivity contribution in [3.63, 3.8) is 0 Å². The monoisotopic (exact) mass is 434 g/mol. The van der Waals surface area contributed by atoms with Crippen LogP contribution in [-0.4, -0.2) is 41.9 Å². The van der Waals surface area contributed by atoms with E-state index >= 15 is 0 Å². The Labute approximate surface area is 187 Å². The Kier molecular flexibility index (Phi) is 7.75. The molecule has 0 aliphatic carbocycles. The van der Waals surface area contributed by atoms with Gasteiger partial charge in [-0.25, -0.2) is 10.4 Å². The van der Waals surface area contributed by atoms with Crippen LogP contribution in [0.15, 0.2) is 60.0 Å². The number of hydrogen-bond donors (Lipinski definition) is 1. The lowest BCUT2D eigenvalue weighted by Gasteiger charge is -2.15. The largest absolute Gasteiger partial charge is 0.497 e. The zero-order valence-corrected chi connectivity index (χ0v) is 18.5. The predicted molar refractivity (Wildman–Crippen MR) is 122 cm³/mol. The molecular formula is C24H26N4O4. The van der Waals surface area contributed by atoms with E-state index in [0.29, 0.717) is 35.1 Å². The normalized spacial score (nSPS) is 10.9. The van der Waals surface area contributed by atoms with Crippen LogP contribution in [0.5, 0.6) is 17.2 Å². The molecule has 1 N–H and O–H groups in total. The molecule has 166 valence electrons. The Hall–Kier alpha value is -3.94. The zero-order valence-electron chi connectivity index (χ0n) is 18.5. The smallest absolute Gasteiger partial charge is 0.291 e. The van der Waals surface area contributed by atoms with Crippen LogP contribution in [0.1, 0.15) is 36.8 Å². The van der Waals surface area contributed by atoms with Crippen LogP contribution >= 0.6 is 0 Å². The highest BCUT2D eigenvalue weighted by Crippen LogP contribution is 2.33. The third-order valence-electron chi connectivity index (χ3n) is 4.24. The molecule has 0 bridgehead atoms. The van der Waals surface area contributed by atoms with Crippen molar-refractivity contribution in [1.82, 2.24) is 15.4 Å². The molecule has 0 atom stereocenters. The van der Waals surface area contributed by atoms with Gasteiger partial charge in [-0.1, -0.05) is 12.1 Å². The molecule has 0 fully saturated rings. The molecule has 0 aliphatic rings. The van der Waals surface area contributed by atoms with E-state index < -0.39 is 5.91 Å². The summed E-state index contributed by atoms with van der Waals surface area (Å²) < 4.78 is 16.7. The van der Waals surface area contributed by atoms with Gasteiger partial charge in [-0.2, -0.15) is 5.10 Å². The average molecular weight is 434 g/mol. The summed E-state index contributed by atoms with van der Waals surface area (Å²) in [5.74, 6) is 1.53. The number of benzene rings is 2. The molecule has 0 saturated heterocycles. The van der Waals surface area contributed by atoms with Gasteiger partial charge in [0.15, 0.2) is 0 Å². The minimum absolute atomic E-state index is 0.0454. The highest BCUT2D eigenvalue weighted by Gasteiger charge is 2.14. The van der Waals surface area contributed by atoms with E-state index in [2.05, 4.69) is 20.5 Å². The molecule has 2 aromatic carbocycles. The molecule has 0 saturated carbocycles. The molecule has 3 rings (SSSR count). The maximum atomic E-state index is 12.5. The quantitative estimate of drug-likeness (QED) is 0.402. The molecular weight excluding hydrogens is 408 g/mol. The van der Waals surface area contributed by atoms with Crippen molar-refractivity contribution in [1.29, 1.82) is 0 Å². The third kappa shape index (κ3) is 6.04. The number of aromatic nitrogens is 2. The Morgan fingerprint density at radius 3 is 2.75 bits per heavy atom. The van der Waals surface area contributed by atoms with Gasteiger partial charge in [-0.3, -0.25) is 9.78 Å². The van der Waals surface area contributed by atoms with E-state index in [1.165, 1.54) is 12.4 Å². The second-order valence-electron chi connectivity index (χ2n) is 7.02. The number of nitrogens with one attached hydrogen (secondary N) is 1. The van der Waals surface area contributed by atoms with Gasteiger partial charge in [0.2, 0.25) is 0 Å². The number of amides is 1. The molecule has 0 unspecified atom stereocenters. The van der Waals surface area contributed by atoms with Crippen LogP contribution in [0, 0.1) is 0 Å². The minimum Gasteiger partial charge on any atom is -0.497 e. The standard InChI is InChI=1S/C24H26N4O4/c1-5-31-19-9-10-20(23(12-19)32-16(2)3)21-14-25-15-22(27-21)24(29)28-26-13-17-7-6-8-18(11-17)30-4/h6-16H,5H2,1-4H3,(H,28,29)/b26-13+. The lowest BCUT2D eigenvalue weighted by atomic mass is 10.1. The van der Waals surface area contributed by atoms with Crippen molar-refractivity contribution in [3.05, 3.63) is 66.1 Å². The number of carbonyl (C=O) groups is 1. The van der Waals surface area contributed by atoms with Crippen molar-refractivity contribution < 1.29 is 19.0 Å². The molecule has 0 spiro atoms. The van der Waals surface area contributed by atoms with E-state index in [1.807, 2.05) is 57.2 Å².